The molecule has 0 saturated heterocycles. The van der Waals surface area contributed by atoms with Crippen molar-refractivity contribution in [2.24, 2.45) is 0 Å². The van der Waals surface area contributed by atoms with Gasteiger partial charge in [-0.25, -0.2) is 14.2 Å². The number of rotatable bonds is 3. The number of hydrogen-bond donors (Lipinski definition) is 0. The van der Waals surface area contributed by atoms with Crippen molar-refractivity contribution >= 4 is 5.65 Å². The van der Waals surface area contributed by atoms with E-state index in [1.807, 2.05) is 82.3 Å². The van der Waals surface area contributed by atoms with E-state index in [4.69, 9.17) is 5.10 Å². The fraction of sp³-hybridized carbons (Fsp3) is 0. The monoisotopic (exact) mass is 337 g/mol. The summed E-state index contributed by atoms with van der Waals surface area (Å²) in [6.45, 7) is 0. The normalized spacial score (nSPS) is 11.1. The van der Waals surface area contributed by atoms with Gasteiger partial charge < -0.3 is 0 Å². The highest BCUT2D eigenvalue weighted by atomic mass is 15.3. The van der Waals surface area contributed by atoms with Crippen LogP contribution in [0.4, 0.5) is 0 Å². The van der Waals surface area contributed by atoms with Crippen LogP contribution in [-0.4, -0.2) is 24.4 Å². The van der Waals surface area contributed by atoms with Crippen LogP contribution in [0.3, 0.4) is 0 Å². The predicted octanol–water partition coefficient (Wildman–Crippen LogP) is 4.25. The van der Waals surface area contributed by atoms with E-state index >= 15 is 0 Å². The summed E-state index contributed by atoms with van der Waals surface area (Å²) < 4.78 is 3.73. The van der Waals surface area contributed by atoms with Crippen LogP contribution in [0.25, 0.3) is 33.8 Å². The van der Waals surface area contributed by atoms with Gasteiger partial charge in [0.15, 0.2) is 5.65 Å². The molecule has 26 heavy (non-hydrogen) atoms. The van der Waals surface area contributed by atoms with Gasteiger partial charge in [0.25, 0.3) is 0 Å². The zero-order chi connectivity index (χ0) is 17.3. The van der Waals surface area contributed by atoms with Crippen molar-refractivity contribution in [3.8, 4) is 28.2 Å². The molecule has 0 spiro atoms. The highest BCUT2D eigenvalue weighted by Crippen LogP contribution is 2.24. The van der Waals surface area contributed by atoms with Crippen molar-refractivity contribution in [1.29, 1.82) is 0 Å². The Hall–Kier alpha value is -3.73. The van der Waals surface area contributed by atoms with Gasteiger partial charge in [-0.05, 0) is 18.2 Å². The summed E-state index contributed by atoms with van der Waals surface area (Å²) in [6.07, 6.45) is 5.67. The molecule has 5 aromatic rings. The lowest BCUT2D eigenvalue weighted by molar-refractivity contribution is 0.880. The lowest BCUT2D eigenvalue weighted by atomic mass is 10.2. The maximum Gasteiger partial charge on any atom is 0.156 e. The Morgan fingerprint density at radius 2 is 1.54 bits per heavy atom. The highest BCUT2D eigenvalue weighted by Gasteiger charge is 2.11. The van der Waals surface area contributed by atoms with E-state index in [2.05, 4.69) is 22.2 Å². The van der Waals surface area contributed by atoms with Crippen LogP contribution in [0.2, 0.25) is 0 Å². The molecule has 0 saturated carbocycles. The second-order valence-corrected chi connectivity index (χ2v) is 6.00. The fourth-order valence-corrected chi connectivity index (χ4v) is 3.04. The maximum atomic E-state index is 4.76. The average Bonchev–Trinajstić information content (AvgIpc) is 3.36. The zero-order valence-electron chi connectivity index (χ0n) is 13.9. The molecule has 0 N–H and O–H groups in total. The van der Waals surface area contributed by atoms with Crippen LogP contribution in [0.15, 0.2) is 91.4 Å². The van der Waals surface area contributed by atoms with Crippen molar-refractivity contribution in [1.82, 2.24) is 24.4 Å². The molecule has 0 unspecified atom stereocenters. The standard InChI is InChI=1S/C21H15N5/c1-3-7-16(8-4-1)19-13-21-22-12-11-20(26(21)24-19)17-14-23-25(15-17)18-9-5-2-6-10-18/h1-15H. The second kappa shape index (κ2) is 5.97. The summed E-state index contributed by atoms with van der Waals surface area (Å²) in [5, 5.41) is 9.25. The van der Waals surface area contributed by atoms with Gasteiger partial charge in [0.1, 0.15) is 0 Å². The van der Waals surface area contributed by atoms with Crippen LogP contribution < -0.4 is 0 Å². The Labute approximate surface area is 150 Å². The Balaban J connectivity index is 1.62. The largest absolute Gasteiger partial charge is 0.240 e. The molecule has 0 fully saturated rings. The summed E-state index contributed by atoms with van der Waals surface area (Å²) in [5.74, 6) is 0. The summed E-state index contributed by atoms with van der Waals surface area (Å²) in [7, 11) is 0. The van der Waals surface area contributed by atoms with Crippen LogP contribution >= 0.6 is 0 Å². The van der Waals surface area contributed by atoms with Gasteiger partial charge in [0.2, 0.25) is 0 Å². The van der Waals surface area contributed by atoms with Gasteiger partial charge in [0, 0.05) is 29.6 Å². The molecule has 124 valence electrons. The Morgan fingerprint density at radius 1 is 0.769 bits per heavy atom. The smallest absolute Gasteiger partial charge is 0.156 e. The zero-order valence-corrected chi connectivity index (χ0v) is 13.9. The lowest BCUT2D eigenvalue weighted by Crippen LogP contribution is -1.95. The van der Waals surface area contributed by atoms with Gasteiger partial charge in [-0.1, -0.05) is 48.5 Å². The molecule has 5 rings (SSSR count). The number of aromatic nitrogens is 5. The van der Waals surface area contributed by atoms with Crippen LogP contribution in [0.5, 0.6) is 0 Å². The first-order chi connectivity index (χ1) is 12.9. The van der Waals surface area contributed by atoms with Gasteiger partial charge in [-0.2, -0.15) is 10.2 Å². The van der Waals surface area contributed by atoms with Gasteiger partial charge in [-0.3, -0.25) is 0 Å². The van der Waals surface area contributed by atoms with Crippen molar-refractivity contribution in [3.63, 3.8) is 0 Å². The second-order valence-electron chi connectivity index (χ2n) is 6.00. The van der Waals surface area contributed by atoms with Gasteiger partial charge >= 0.3 is 0 Å². The van der Waals surface area contributed by atoms with E-state index in [1.165, 1.54) is 0 Å². The van der Waals surface area contributed by atoms with E-state index < -0.39 is 0 Å². The number of nitrogens with zero attached hydrogens (tertiary/aromatic N) is 5. The summed E-state index contributed by atoms with van der Waals surface area (Å²) in [4.78, 5) is 4.45. The van der Waals surface area contributed by atoms with E-state index in [-0.39, 0.29) is 0 Å². The molecule has 5 nitrogen and oxygen atoms in total. The summed E-state index contributed by atoms with van der Waals surface area (Å²) in [6, 6.07) is 24.1. The van der Waals surface area contributed by atoms with E-state index in [1.54, 1.807) is 6.20 Å². The molecule has 0 aliphatic rings. The Morgan fingerprint density at radius 3 is 2.35 bits per heavy atom. The van der Waals surface area contributed by atoms with Crippen molar-refractivity contribution in [3.05, 3.63) is 91.4 Å². The van der Waals surface area contributed by atoms with Crippen LogP contribution in [0, 0.1) is 0 Å². The summed E-state index contributed by atoms with van der Waals surface area (Å²) >= 11 is 0. The van der Waals surface area contributed by atoms with Crippen molar-refractivity contribution in [2.45, 2.75) is 0 Å². The fourth-order valence-electron chi connectivity index (χ4n) is 3.04. The molecular weight excluding hydrogens is 322 g/mol. The van der Waals surface area contributed by atoms with Crippen molar-refractivity contribution in [2.75, 3.05) is 0 Å². The minimum absolute atomic E-state index is 0.814. The number of fused-ring (bicyclic) bond motifs is 1. The molecular formula is C21H15N5. The molecule has 2 aromatic carbocycles. The van der Waals surface area contributed by atoms with Crippen LogP contribution in [-0.2, 0) is 0 Å². The molecule has 3 heterocycles. The predicted molar refractivity (Wildman–Crippen MR) is 101 cm³/mol. The SMILES string of the molecule is c1ccc(-c2cc3nccc(-c4cnn(-c5ccccc5)c4)n3n2)cc1. The minimum atomic E-state index is 0.814. The van der Waals surface area contributed by atoms with Gasteiger partial charge in [-0.15, -0.1) is 0 Å². The van der Waals surface area contributed by atoms with Crippen molar-refractivity contribution < 1.29 is 0 Å². The molecule has 0 radical (unpaired) electrons. The van der Waals surface area contributed by atoms with E-state index in [9.17, 15) is 0 Å². The maximum absolute atomic E-state index is 4.76. The molecule has 0 atom stereocenters. The molecule has 0 bridgehead atoms. The minimum Gasteiger partial charge on any atom is -0.240 e. The van der Waals surface area contributed by atoms with Crippen LogP contribution in [0.1, 0.15) is 0 Å². The third-order valence-electron chi connectivity index (χ3n) is 4.33. The molecule has 3 aromatic heterocycles. The molecule has 0 aliphatic heterocycles. The molecule has 0 amide bonds. The molecule has 0 aliphatic carbocycles. The third kappa shape index (κ3) is 2.46. The third-order valence-corrected chi connectivity index (χ3v) is 4.33. The lowest BCUT2D eigenvalue weighted by Gasteiger charge is -2.02. The summed E-state index contributed by atoms with van der Waals surface area (Å²) in [5.41, 5.74) is 5.76. The number of hydrogen-bond acceptors (Lipinski definition) is 3. The number of para-hydroxylation sites is 1. The quantitative estimate of drug-likeness (QED) is 0.494. The average molecular weight is 337 g/mol. The first-order valence-corrected chi connectivity index (χ1v) is 8.39. The topological polar surface area (TPSA) is 48.0 Å². The van der Waals surface area contributed by atoms with Gasteiger partial charge in [0.05, 0.1) is 23.3 Å². The number of benzene rings is 2. The van der Waals surface area contributed by atoms with E-state index in [0.29, 0.717) is 0 Å². The highest BCUT2D eigenvalue weighted by molar-refractivity contribution is 5.68. The van der Waals surface area contributed by atoms with E-state index in [0.717, 1.165) is 33.8 Å². The Bertz CT molecular complexity index is 1170. The first-order valence-electron chi connectivity index (χ1n) is 8.39. The molecule has 5 heteroatoms. The Kier molecular flexibility index (Phi) is 3.35. The first kappa shape index (κ1) is 14.6.